The number of carboxylic acids is 1. The van der Waals surface area contributed by atoms with E-state index < -0.39 is 17.5 Å². The van der Waals surface area contributed by atoms with E-state index >= 15 is 0 Å². The molecular formula is C7H6NO4-. The summed E-state index contributed by atoms with van der Waals surface area (Å²) in [6.07, 6.45) is 0. The Balaban J connectivity index is 3.37. The third-order valence-electron chi connectivity index (χ3n) is 1.36. The SMILES string of the molecule is Nc1c([O-])cc(O)cc1C(=O)O. The number of benzene rings is 1. The van der Waals surface area contributed by atoms with Crippen molar-refractivity contribution in [1.29, 1.82) is 0 Å². The average molecular weight is 168 g/mol. The van der Waals surface area contributed by atoms with Crippen molar-refractivity contribution in [1.82, 2.24) is 0 Å². The molecule has 0 heterocycles. The molecule has 0 unspecified atom stereocenters. The van der Waals surface area contributed by atoms with Gasteiger partial charge >= 0.3 is 5.97 Å². The third kappa shape index (κ3) is 1.24. The Morgan fingerprint density at radius 3 is 2.58 bits per heavy atom. The number of carbonyl (C=O) groups is 1. The van der Waals surface area contributed by atoms with Crippen molar-refractivity contribution < 1.29 is 20.1 Å². The van der Waals surface area contributed by atoms with Crippen LogP contribution in [0.25, 0.3) is 0 Å². The van der Waals surface area contributed by atoms with Crippen molar-refractivity contribution in [2.24, 2.45) is 0 Å². The second-order valence-corrected chi connectivity index (χ2v) is 2.21. The summed E-state index contributed by atoms with van der Waals surface area (Å²) < 4.78 is 0. The van der Waals surface area contributed by atoms with Crippen LogP contribution in [0.2, 0.25) is 0 Å². The van der Waals surface area contributed by atoms with Crippen molar-refractivity contribution in [3.63, 3.8) is 0 Å². The lowest BCUT2D eigenvalue weighted by Gasteiger charge is -2.11. The molecule has 0 aliphatic carbocycles. The Hall–Kier alpha value is -1.91. The molecule has 0 aliphatic rings. The first-order valence-corrected chi connectivity index (χ1v) is 3.05. The van der Waals surface area contributed by atoms with Crippen LogP contribution in [0.4, 0.5) is 5.69 Å². The lowest BCUT2D eigenvalue weighted by molar-refractivity contribution is -0.267. The van der Waals surface area contributed by atoms with Crippen molar-refractivity contribution in [2.75, 3.05) is 5.73 Å². The van der Waals surface area contributed by atoms with E-state index in [1.165, 1.54) is 0 Å². The molecule has 0 saturated heterocycles. The molecule has 5 nitrogen and oxygen atoms in total. The summed E-state index contributed by atoms with van der Waals surface area (Å²) in [6, 6.07) is 1.79. The summed E-state index contributed by atoms with van der Waals surface area (Å²) in [4.78, 5) is 10.4. The smallest absolute Gasteiger partial charge is 0.337 e. The first-order chi connectivity index (χ1) is 5.52. The van der Waals surface area contributed by atoms with Crippen molar-refractivity contribution >= 4 is 11.7 Å². The molecule has 0 spiro atoms. The normalized spacial score (nSPS) is 9.67. The molecule has 0 saturated carbocycles. The first-order valence-electron chi connectivity index (χ1n) is 3.05. The second kappa shape index (κ2) is 2.61. The van der Waals surface area contributed by atoms with Gasteiger partial charge in [0.1, 0.15) is 5.75 Å². The summed E-state index contributed by atoms with van der Waals surface area (Å²) in [7, 11) is 0. The summed E-state index contributed by atoms with van der Waals surface area (Å²) in [6.45, 7) is 0. The second-order valence-electron chi connectivity index (χ2n) is 2.21. The summed E-state index contributed by atoms with van der Waals surface area (Å²) in [5.41, 5.74) is 4.41. The predicted octanol–water partition coefficient (Wildman–Crippen LogP) is -0.254. The molecule has 0 aromatic heterocycles. The zero-order valence-corrected chi connectivity index (χ0v) is 5.94. The molecule has 0 radical (unpaired) electrons. The molecule has 0 atom stereocenters. The summed E-state index contributed by atoms with van der Waals surface area (Å²) >= 11 is 0. The Morgan fingerprint density at radius 2 is 2.08 bits per heavy atom. The van der Waals surface area contributed by atoms with Gasteiger partial charge in [0.05, 0.1) is 5.56 Å². The molecule has 4 N–H and O–H groups in total. The van der Waals surface area contributed by atoms with Gasteiger partial charge in [0.25, 0.3) is 0 Å². The molecule has 0 aliphatic heterocycles. The highest BCUT2D eigenvalue weighted by Crippen LogP contribution is 2.26. The summed E-state index contributed by atoms with van der Waals surface area (Å²) in [5, 5.41) is 28.1. The molecule has 5 heteroatoms. The van der Waals surface area contributed by atoms with Gasteiger partial charge in [-0.2, -0.15) is 0 Å². The number of aromatic carboxylic acids is 1. The number of hydrogen-bond donors (Lipinski definition) is 3. The van der Waals surface area contributed by atoms with Crippen LogP contribution in [-0.2, 0) is 0 Å². The maximum absolute atomic E-state index is 10.8. The Kier molecular flexibility index (Phi) is 1.78. The van der Waals surface area contributed by atoms with Crippen LogP contribution in [0.1, 0.15) is 10.4 Å². The first kappa shape index (κ1) is 8.19. The minimum Gasteiger partial charge on any atom is -0.871 e. The molecule has 0 bridgehead atoms. The minimum absolute atomic E-state index is 0.361. The largest absolute Gasteiger partial charge is 0.871 e. The van der Waals surface area contributed by atoms with Gasteiger partial charge < -0.3 is 21.1 Å². The van der Waals surface area contributed by atoms with E-state index in [1.54, 1.807) is 0 Å². The Bertz CT molecular complexity index is 334. The fourth-order valence-corrected chi connectivity index (χ4v) is 0.789. The number of anilines is 1. The molecule has 0 fully saturated rings. The van der Waals surface area contributed by atoms with Crippen molar-refractivity contribution in [3.05, 3.63) is 17.7 Å². The van der Waals surface area contributed by atoms with Gasteiger partial charge in [-0.1, -0.05) is 5.75 Å². The number of nitrogen functional groups attached to an aromatic ring is 1. The topological polar surface area (TPSA) is 107 Å². The number of phenols is 1. The van der Waals surface area contributed by atoms with Crippen LogP contribution in [0.15, 0.2) is 12.1 Å². The van der Waals surface area contributed by atoms with Gasteiger partial charge in [0.15, 0.2) is 0 Å². The highest BCUT2D eigenvalue weighted by Gasteiger charge is 2.08. The van der Waals surface area contributed by atoms with Crippen LogP contribution < -0.4 is 10.8 Å². The van der Waals surface area contributed by atoms with Gasteiger partial charge in [-0.25, -0.2) is 4.79 Å². The number of nitrogens with two attached hydrogens (primary N) is 1. The fourth-order valence-electron chi connectivity index (χ4n) is 0.789. The lowest BCUT2D eigenvalue weighted by atomic mass is 10.1. The monoisotopic (exact) mass is 168 g/mol. The van der Waals surface area contributed by atoms with Crippen LogP contribution in [0, 0.1) is 0 Å². The van der Waals surface area contributed by atoms with E-state index in [4.69, 9.17) is 15.9 Å². The van der Waals surface area contributed by atoms with E-state index in [0.717, 1.165) is 12.1 Å². The maximum Gasteiger partial charge on any atom is 0.337 e. The minimum atomic E-state index is -1.33. The van der Waals surface area contributed by atoms with Crippen LogP contribution in [-0.4, -0.2) is 16.2 Å². The molecule has 64 valence electrons. The van der Waals surface area contributed by atoms with Crippen LogP contribution in [0.5, 0.6) is 11.5 Å². The van der Waals surface area contributed by atoms with Gasteiger partial charge in [-0.05, 0) is 12.1 Å². The van der Waals surface area contributed by atoms with E-state index in [2.05, 4.69) is 0 Å². The summed E-state index contributed by atoms with van der Waals surface area (Å²) in [5.74, 6) is -2.42. The van der Waals surface area contributed by atoms with E-state index in [-0.39, 0.29) is 11.3 Å². The number of aromatic hydroxyl groups is 1. The van der Waals surface area contributed by atoms with Gasteiger partial charge in [0.2, 0.25) is 0 Å². The number of hydrogen-bond acceptors (Lipinski definition) is 4. The van der Waals surface area contributed by atoms with Gasteiger partial charge in [-0.3, -0.25) is 0 Å². The average Bonchev–Trinajstić information content (AvgIpc) is 1.96. The van der Waals surface area contributed by atoms with Crippen LogP contribution in [0.3, 0.4) is 0 Å². The molecule has 12 heavy (non-hydrogen) atoms. The van der Waals surface area contributed by atoms with Crippen molar-refractivity contribution in [3.8, 4) is 11.5 Å². The molecule has 1 aromatic carbocycles. The van der Waals surface area contributed by atoms with E-state index in [1.807, 2.05) is 0 Å². The van der Waals surface area contributed by atoms with E-state index in [0.29, 0.717) is 0 Å². The highest BCUT2D eigenvalue weighted by atomic mass is 16.4. The Labute approximate surface area is 67.7 Å². The predicted molar refractivity (Wildman–Crippen MR) is 38.9 cm³/mol. The van der Waals surface area contributed by atoms with Crippen molar-refractivity contribution in [2.45, 2.75) is 0 Å². The standard InChI is InChI=1S/C7H7NO4/c8-6-4(7(11)12)1-3(9)2-5(6)10/h1-2,9-10H,8H2,(H,11,12)/p-1. The fraction of sp³-hybridized carbons (Fsp3) is 0. The number of carboxylic acid groups (broad SMARTS) is 1. The number of rotatable bonds is 1. The van der Waals surface area contributed by atoms with E-state index in [9.17, 15) is 9.90 Å². The zero-order chi connectivity index (χ0) is 9.30. The zero-order valence-electron chi connectivity index (χ0n) is 5.94. The third-order valence-corrected chi connectivity index (χ3v) is 1.36. The van der Waals surface area contributed by atoms with Gasteiger partial charge in [0, 0.05) is 5.69 Å². The van der Waals surface area contributed by atoms with Crippen LogP contribution >= 0.6 is 0 Å². The maximum atomic E-state index is 10.8. The Morgan fingerprint density at radius 1 is 1.50 bits per heavy atom. The van der Waals surface area contributed by atoms with Gasteiger partial charge in [-0.15, -0.1) is 0 Å². The molecule has 0 amide bonds. The molecular weight excluding hydrogens is 162 g/mol. The highest BCUT2D eigenvalue weighted by molar-refractivity contribution is 5.95. The molecule has 1 aromatic rings. The number of phenolic OH excluding ortho intramolecular Hbond substituents is 1. The quantitative estimate of drug-likeness (QED) is 0.395. The lowest BCUT2D eigenvalue weighted by Crippen LogP contribution is -2.05. The molecule has 1 rings (SSSR count).